The van der Waals surface area contributed by atoms with Crippen LogP contribution in [-0.2, 0) is 27.9 Å². The smallest absolute Gasteiger partial charge is 0.526 e. The number of aliphatic carboxylic acids is 1. The van der Waals surface area contributed by atoms with Gasteiger partial charge in [0.05, 0.1) is 26.1 Å². The Morgan fingerprint density at radius 1 is 1.18 bits per heavy atom. The Bertz CT molecular complexity index is 355. The van der Waals surface area contributed by atoms with E-state index < -0.39 is 41.0 Å². The van der Waals surface area contributed by atoms with E-state index in [1.54, 1.807) is 0 Å². The van der Waals surface area contributed by atoms with Crippen molar-refractivity contribution in [2.75, 3.05) is 13.2 Å². The summed E-state index contributed by atoms with van der Waals surface area (Å²) in [6.07, 6.45) is -0.564. The number of carbonyl (C=O) groups is 2. The van der Waals surface area contributed by atoms with Crippen LogP contribution in [0.15, 0.2) is 0 Å². The van der Waals surface area contributed by atoms with Gasteiger partial charge in [-0.05, 0) is 4.57 Å². The van der Waals surface area contributed by atoms with Gasteiger partial charge < -0.3 is 30.2 Å². The molecule has 0 amide bonds. The van der Waals surface area contributed by atoms with Crippen molar-refractivity contribution >= 4 is 28.0 Å². The molecule has 0 rings (SSSR count). The van der Waals surface area contributed by atoms with Gasteiger partial charge in [0, 0.05) is 6.10 Å². The lowest BCUT2D eigenvalue weighted by Crippen LogP contribution is -2.03. The minimum absolute atomic E-state index is 0. The van der Waals surface area contributed by atoms with Gasteiger partial charge in [0.15, 0.2) is 0 Å². The van der Waals surface area contributed by atoms with Crippen LogP contribution in [-0.4, -0.2) is 61.0 Å². The first kappa shape index (κ1) is 29.0. The predicted molar refractivity (Wildman–Crippen MR) is 66.2 cm³/mol. The molecule has 0 saturated carbocycles. The molecule has 0 aliphatic carbocycles. The molecule has 22 heavy (non-hydrogen) atoms. The topological polar surface area (TPSA) is 263 Å². The molecular formula is C6H18O14P2. The third kappa shape index (κ3) is 42.8. The van der Waals surface area contributed by atoms with E-state index >= 15 is 0 Å². The van der Waals surface area contributed by atoms with Crippen molar-refractivity contribution in [2.24, 2.45) is 0 Å². The largest absolute Gasteiger partial charge is 0.565 e. The van der Waals surface area contributed by atoms with Crippen LogP contribution in [0, 0.1) is 0 Å². The molecule has 0 bridgehead atoms. The summed E-state index contributed by atoms with van der Waals surface area (Å²) in [6, 6.07) is 0. The van der Waals surface area contributed by atoms with Crippen LogP contribution in [0.1, 0.15) is 14.3 Å². The zero-order chi connectivity index (χ0) is 17.5. The highest BCUT2D eigenvalue weighted by Gasteiger charge is 2.19. The monoisotopic (exact) mass is 376 g/mol. The van der Waals surface area contributed by atoms with Gasteiger partial charge in [0.1, 0.15) is 0 Å². The van der Waals surface area contributed by atoms with Gasteiger partial charge in [-0.2, -0.15) is 0 Å². The first-order valence-corrected chi connectivity index (χ1v) is 7.30. The summed E-state index contributed by atoms with van der Waals surface area (Å²) < 4.78 is 25.1. The number of hydrogen-bond donors (Lipinski definition) is 6. The zero-order valence-electron chi connectivity index (χ0n) is 10.8. The van der Waals surface area contributed by atoms with Crippen molar-refractivity contribution in [3.05, 3.63) is 0 Å². The molecule has 1 atom stereocenters. The van der Waals surface area contributed by atoms with Crippen LogP contribution in [0.4, 0.5) is 0 Å². The lowest BCUT2D eigenvalue weighted by Gasteiger charge is -2.02. The molecule has 0 spiro atoms. The van der Waals surface area contributed by atoms with Gasteiger partial charge in [-0.25, -0.2) is 9.82 Å². The first-order valence-electron chi connectivity index (χ1n) is 4.67. The Morgan fingerprint density at radius 3 is 1.68 bits per heavy atom. The van der Waals surface area contributed by atoms with Crippen molar-refractivity contribution in [2.45, 2.75) is 12.8 Å². The number of aliphatic hydroxyl groups excluding tert-OH is 2. The zero-order valence-corrected chi connectivity index (χ0v) is 12.6. The standard InChI is InChI=1S/C3H7O6P.C3H6O3.HO4P.H2O.H2/c4-2-1-3(5)9-10(6,7)8;4-2-1-3(5)6;1-4-5(2)3;;/h4H,1-2H2,(H2,6,7,8);4H,1-2H2,(H,5,6);1H;1H2;1H. The highest BCUT2D eigenvalue weighted by Crippen LogP contribution is 2.35. The maximum atomic E-state index is 10.2. The average Bonchev–Trinajstić information content (AvgIpc) is 2.28. The van der Waals surface area contributed by atoms with E-state index in [1.165, 1.54) is 0 Å². The molecule has 0 saturated heterocycles. The Labute approximate surface area is 125 Å². The highest BCUT2D eigenvalue weighted by atomic mass is 31.2. The van der Waals surface area contributed by atoms with Gasteiger partial charge in [-0.3, -0.25) is 19.4 Å². The Balaban J connectivity index is -0.0000000725. The van der Waals surface area contributed by atoms with E-state index in [1.807, 2.05) is 0 Å². The summed E-state index contributed by atoms with van der Waals surface area (Å²) >= 11 is 0. The van der Waals surface area contributed by atoms with Crippen LogP contribution >= 0.6 is 16.1 Å². The van der Waals surface area contributed by atoms with Gasteiger partial charge in [0.2, 0.25) is 0 Å². The molecule has 14 nitrogen and oxygen atoms in total. The van der Waals surface area contributed by atoms with Gasteiger partial charge in [-0.15, -0.1) is 0 Å². The molecule has 0 aromatic rings. The first-order chi connectivity index (χ1) is 9.49. The van der Waals surface area contributed by atoms with Crippen molar-refractivity contribution < 1.29 is 70.1 Å². The summed E-state index contributed by atoms with van der Waals surface area (Å²) in [4.78, 5) is 44.6. The Morgan fingerprint density at radius 2 is 1.55 bits per heavy atom. The lowest BCUT2D eigenvalue weighted by atomic mass is 10.5. The number of carbonyl (C=O) groups excluding carboxylic acids is 1. The normalized spacial score (nSPS) is 9.82. The summed E-state index contributed by atoms with van der Waals surface area (Å²) in [5, 5.41) is 30.7. The summed E-state index contributed by atoms with van der Waals surface area (Å²) in [6.45, 7) is -0.756. The van der Waals surface area contributed by atoms with Crippen molar-refractivity contribution in [3.8, 4) is 0 Å². The van der Waals surface area contributed by atoms with E-state index in [0.29, 0.717) is 0 Å². The molecule has 0 aliphatic heterocycles. The Hall–Kier alpha value is -1.05. The molecule has 8 N–H and O–H groups in total. The number of carboxylic acid groups (broad SMARTS) is 1. The van der Waals surface area contributed by atoms with Crippen molar-refractivity contribution in [1.82, 2.24) is 0 Å². The van der Waals surface area contributed by atoms with E-state index in [0.717, 1.165) is 0 Å². The highest BCUT2D eigenvalue weighted by molar-refractivity contribution is 7.46. The molecule has 0 heterocycles. The fourth-order valence-electron chi connectivity index (χ4n) is 0.365. The fourth-order valence-corrected chi connectivity index (χ4v) is 0.722. The fraction of sp³-hybridized carbons (Fsp3) is 0.667. The number of phosphoric acid groups is 1. The number of aliphatic hydroxyl groups is 2. The molecule has 0 aliphatic rings. The quantitative estimate of drug-likeness (QED) is 0.157. The summed E-state index contributed by atoms with van der Waals surface area (Å²) in [7, 11) is -7.75. The predicted octanol–water partition coefficient (Wildman–Crippen LogP) is -2.63. The van der Waals surface area contributed by atoms with Crippen molar-refractivity contribution in [3.63, 3.8) is 0 Å². The molecule has 136 valence electrons. The van der Waals surface area contributed by atoms with Crippen LogP contribution in [0.2, 0.25) is 0 Å². The molecular weight excluding hydrogens is 358 g/mol. The third-order valence-electron chi connectivity index (χ3n) is 0.929. The number of carboxylic acids is 1. The van der Waals surface area contributed by atoms with Crippen molar-refractivity contribution in [1.29, 1.82) is 0 Å². The molecule has 0 fully saturated rings. The maximum absolute atomic E-state index is 10.2. The van der Waals surface area contributed by atoms with E-state index in [4.69, 9.17) is 39.8 Å². The van der Waals surface area contributed by atoms with Crippen LogP contribution in [0.25, 0.3) is 0 Å². The molecule has 0 radical (unpaired) electrons. The summed E-state index contributed by atoms with van der Waals surface area (Å²) in [5.41, 5.74) is 0. The SMILES string of the molecule is O.O=C(CCO)OP(=O)(O)O.O=C(O)CCO.O=[P+]([O-])OO.[HH]. The van der Waals surface area contributed by atoms with E-state index in [-0.39, 0.29) is 19.9 Å². The minimum atomic E-state index is -4.71. The second-order valence-electron chi connectivity index (χ2n) is 2.60. The Kier molecular flexibility index (Phi) is 23.7. The summed E-state index contributed by atoms with van der Waals surface area (Å²) in [5.74, 6) is -2.08. The minimum Gasteiger partial charge on any atom is -0.565 e. The third-order valence-corrected chi connectivity index (χ3v) is 1.50. The number of hydrogen-bond acceptors (Lipinski definition) is 10. The maximum Gasteiger partial charge on any atom is 0.526 e. The average molecular weight is 376 g/mol. The molecule has 16 heteroatoms. The molecule has 1 unspecified atom stereocenters. The molecule has 0 aromatic carbocycles. The van der Waals surface area contributed by atoms with Gasteiger partial charge >= 0.3 is 28.0 Å². The van der Waals surface area contributed by atoms with E-state index in [2.05, 4.69) is 9.20 Å². The van der Waals surface area contributed by atoms with Gasteiger partial charge in [-0.1, -0.05) is 0 Å². The number of rotatable bonds is 6. The number of phosphoric ester groups is 1. The van der Waals surface area contributed by atoms with Crippen LogP contribution in [0.5, 0.6) is 0 Å². The lowest BCUT2D eigenvalue weighted by molar-refractivity contribution is -0.244. The second-order valence-corrected chi connectivity index (χ2v) is 4.37. The van der Waals surface area contributed by atoms with Crippen LogP contribution in [0.3, 0.4) is 0 Å². The molecule has 0 aromatic heterocycles. The van der Waals surface area contributed by atoms with Crippen LogP contribution < -0.4 is 4.89 Å². The van der Waals surface area contributed by atoms with E-state index in [9.17, 15) is 14.2 Å². The van der Waals surface area contributed by atoms with Gasteiger partial charge in [0.25, 0.3) is 0 Å². The second kappa shape index (κ2) is 18.0.